The normalized spacial score (nSPS) is 10.6. The molecular weight excluding hydrogens is 278 g/mol. The summed E-state index contributed by atoms with van der Waals surface area (Å²) >= 11 is 7.77. The molecule has 0 bridgehead atoms. The molecule has 2 rings (SSSR count). The minimum Gasteiger partial charge on any atom is -0.355 e. The molecular formula is C15H16ClNOS. The lowest BCUT2D eigenvalue weighted by Crippen LogP contribution is -2.25. The van der Waals surface area contributed by atoms with Gasteiger partial charge in [-0.15, -0.1) is 11.8 Å². The maximum Gasteiger partial charge on any atom is 0.230 e. The third-order valence-electron chi connectivity index (χ3n) is 2.75. The molecule has 1 N–H and O–H groups in total. The van der Waals surface area contributed by atoms with E-state index in [4.69, 9.17) is 11.6 Å². The highest BCUT2D eigenvalue weighted by Gasteiger charge is 2.07. The van der Waals surface area contributed by atoms with Crippen molar-refractivity contribution in [3.8, 4) is 0 Å². The third kappa shape index (κ3) is 3.64. The number of carbonyl (C=O) groups excluding carboxylic acids is 1. The van der Waals surface area contributed by atoms with Gasteiger partial charge >= 0.3 is 0 Å². The monoisotopic (exact) mass is 293 g/mol. The van der Waals surface area contributed by atoms with Gasteiger partial charge in [0.1, 0.15) is 0 Å². The fourth-order valence-electron chi connectivity index (χ4n) is 1.84. The Hall–Kier alpha value is -1.19. The van der Waals surface area contributed by atoms with E-state index in [-0.39, 0.29) is 5.91 Å². The van der Waals surface area contributed by atoms with Gasteiger partial charge in [-0.1, -0.05) is 42.8 Å². The van der Waals surface area contributed by atoms with Crippen LogP contribution >= 0.6 is 23.4 Å². The molecule has 0 aliphatic carbocycles. The largest absolute Gasteiger partial charge is 0.355 e. The van der Waals surface area contributed by atoms with Crippen LogP contribution in [-0.2, 0) is 4.79 Å². The maximum absolute atomic E-state index is 11.6. The van der Waals surface area contributed by atoms with Crippen molar-refractivity contribution in [3.63, 3.8) is 0 Å². The average molecular weight is 294 g/mol. The molecule has 0 saturated carbocycles. The van der Waals surface area contributed by atoms with Gasteiger partial charge in [0.2, 0.25) is 5.91 Å². The molecule has 0 heterocycles. The van der Waals surface area contributed by atoms with E-state index in [1.54, 1.807) is 0 Å². The van der Waals surface area contributed by atoms with Crippen LogP contribution in [0.25, 0.3) is 10.8 Å². The molecule has 4 heteroatoms. The van der Waals surface area contributed by atoms with E-state index < -0.39 is 0 Å². The van der Waals surface area contributed by atoms with Crippen molar-refractivity contribution in [2.45, 2.75) is 18.2 Å². The Morgan fingerprint density at radius 1 is 1.26 bits per heavy atom. The number of rotatable bonds is 5. The van der Waals surface area contributed by atoms with Crippen molar-refractivity contribution < 1.29 is 4.79 Å². The van der Waals surface area contributed by atoms with Gasteiger partial charge in [0, 0.05) is 21.8 Å². The fourth-order valence-corrected chi connectivity index (χ4v) is 3.12. The van der Waals surface area contributed by atoms with Crippen molar-refractivity contribution in [1.82, 2.24) is 5.32 Å². The van der Waals surface area contributed by atoms with Crippen LogP contribution in [0.15, 0.2) is 41.3 Å². The molecule has 0 aromatic heterocycles. The van der Waals surface area contributed by atoms with Gasteiger partial charge in [-0.25, -0.2) is 0 Å². The molecule has 0 aliphatic rings. The number of halogens is 1. The zero-order valence-electron chi connectivity index (χ0n) is 10.8. The van der Waals surface area contributed by atoms with Gasteiger partial charge < -0.3 is 5.32 Å². The first-order chi connectivity index (χ1) is 9.22. The Bertz CT molecular complexity index is 580. The lowest BCUT2D eigenvalue weighted by atomic mass is 10.1. The number of thioether (sulfide) groups is 1. The summed E-state index contributed by atoms with van der Waals surface area (Å²) in [6.07, 6.45) is 0.955. The zero-order valence-corrected chi connectivity index (χ0v) is 12.4. The van der Waals surface area contributed by atoms with Crippen LogP contribution in [0.3, 0.4) is 0 Å². The Balaban J connectivity index is 2.15. The maximum atomic E-state index is 11.6. The topological polar surface area (TPSA) is 29.1 Å². The minimum absolute atomic E-state index is 0.0657. The summed E-state index contributed by atoms with van der Waals surface area (Å²) in [7, 11) is 0. The Kier molecular flexibility index (Phi) is 5.11. The summed E-state index contributed by atoms with van der Waals surface area (Å²) in [5.74, 6) is 0.487. The second-order valence-corrected chi connectivity index (χ2v) is 5.66. The SMILES string of the molecule is CCCNC(=O)CSc1cccc2cccc(Cl)c12. The number of fused-ring (bicyclic) bond motifs is 1. The van der Waals surface area contributed by atoms with Crippen LogP contribution in [0.5, 0.6) is 0 Å². The van der Waals surface area contributed by atoms with Gasteiger partial charge in [0.05, 0.1) is 5.75 Å². The third-order valence-corrected chi connectivity index (χ3v) is 4.12. The summed E-state index contributed by atoms with van der Waals surface area (Å²) in [6, 6.07) is 11.9. The first-order valence-corrected chi connectivity index (χ1v) is 7.65. The summed E-state index contributed by atoms with van der Waals surface area (Å²) in [6.45, 7) is 2.77. The van der Waals surface area contributed by atoms with Gasteiger partial charge in [0.25, 0.3) is 0 Å². The first kappa shape index (κ1) is 14.2. The number of benzene rings is 2. The van der Waals surface area contributed by atoms with Crippen molar-refractivity contribution in [1.29, 1.82) is 0 Å². The fraction of sp³-hybridized carbons (Fsp3) is 0.267. The zero-order chi connectivity index (χ0) is 13.7. The molecule has 19 heavy (non-hydrogen) atoms. The molecule has 0 radical (unpaired) electrons. The van der Waals surface area contributed by atoms with Gasteiger partial charge in [0.15, 0.2) is 0 Å². The Morgan fingerprint density at radius 2 is 2.00 bits per heavy atom. The van der Waals surface area contributed by atoms with Crippen molar-refractivity contribution >= 4 is 40.0 Å². The molecule has 1 amide bonds. The number of amides is 1. The van der Waals surface area contributed by atoms with Crippen LogP contribution < -0.4 is 5.32 Å². The molecule has 100 valence electrons. The molecule has 0 spiro atoms. The highest BCUT2D eigenvalue weighted by molar-refractivity contribution is 8.00. The van der Waals surface area contributed by atoms with Crippen molar-refractivity contribution in [2.24, 2.45) is 0 Å². The smallest absolute Gasteiger partial charge is 0.230 e. The number of carbonyl (C=O) groups is 1. The van der Waals surface area contributed by atoms with E-state index in [0.29, 0.717) is 5.75 Å². The van der Waals surface area contributed by atoms with Crippen LogP contribution in [-0.4, -0.2) is 18.2 Å². The highest BCUT2D eigenvalue weighted by Crippen LogP contribution is 2.32. The van der Waals surface area contributed by atoms with Crippen LogP contribution in [0.2, 0.25) is 5.02 Å². The predicted octanol–water partition coefficient (Wildman–Crippen LogP) is 4.11. The second-order valence-electron chi connectivity index (χ2n) is 4.23. The molecule has 0 unspecified atom stereocenters. The average Bonchev–Trinajstić information content (AvgIpc) is 2.43. The van der Waals surface area contributed by atoms with E-state index in [2.05, 4.69) is 5.32 Å². The predicted molar refractivity (Wildman–Crippen MR) is 83.0 cm³/mol. The highest BCUT2D eigenvalue weighted by atomic mass is 35.5. The Labute approximate surface area is 122 Å². The summed E-state index contributed by atoms with van der Waals surface area (Å²) < 4.78 is 0. The number of hydrogen-bond donors (Lipinski definition) is 1. The minimum atomic E-state index is 0.0657. The number of hydrogen-bond acceptors (Lipinski definition) is 2. The summed E-state index contributed by atoms with van der Waals surface area (Å²) in [4.78, 5) is 12.7. The Morgan fingerprint density at radius 3 is 2.74 bits per heavy atom. The van der Waals surface area contributed by atoms with Gasteiger partial charge in [-0.05, 0) is 23.9 Å². The van der Waals surface area contributed by atoms with E-state index >= 15 is 0 Å². The van der Waals surface area contributed by atoms with E-state index in [0.717, 1.165) is 33.7 Å². The standard InChI is InChI=1S/C15H16ClNOS/c1-2-9-17-14(18)10-19-13-8-4-6-11-5-3-7-12(16)15(11)13/h3-8H,2,9-10H2,1H3,(H,17,18). The van der Waals surface area contributed by atoms with E-state index in [9.17, 15) is 4.79 Å². The van der Waals surface area contributed by atoms with Gasteiger partial charge in [-0.2, -0.15) is 0 Å². The van der Waals surface area contributed by atoms with E-state index in [1.807, 2.05) is 43.3 Å². The molecule has 0 fully saturated rings. The molecule has 0 atom stereocenters. The van der Waals surface area contributed by atoms with E-state index in [1.165, 1.54) is 11.8 Å². The van der Waals surface area contributed by atoms with Crippen molar-refractivity contribution in [2.75, 3.05) is 12.3 Å². The molecule has 2 aromatic rings. The lowest BCUT2D eigenvalue weighted by Gasteiger charge is -2.08. The first-order valence-electron chi connectivity index (χ1n) is 6.29. The summed E-state index contributed by atoms with van der Waals surface area (Å²) in [5.41, 5.74) is 0. The van der Waals surface area contributed by atoms with Crippen LogP contribution in [0.4, 0.5) is 0 Å². The van der Waals surface area contributed by atoms with Gasteiger partial charge in [-0.3, -0.25) is 4.79 Å². The molecule has 2 aromatic carbocycles. The molecule has 0 saturated heterocycles. The van der Waals surface area contributed by atoms with Crippen molar-refractivity contribution in [3.05, 3.63) is 41.4 Å². The summed E-state index contributed by atoms with van der Waals surface area (Å²) in [5, 5.41) is 5.73. The molecule has 2 nitrogen and oxygen atoms in total. The van der Waals surface area contributed by atoms with Crippen LogP contribution in [0.1, 0.15) is 13.3 Å². The second kappa shape index (κ2) is 6.83. The molecule has 0 aliphatic heterocycles. The lowest BCUT2D eigenvalue weighted by molar-refractivity contribution is -0.118. The van der Waals surface area contributed by atoms with Crippen LogP contribution in [0, 0.1) is 0 Å². The number of nitrogens with one attached hydrogen (secondary N) is 1. The quantitative estimate of drug-likeness (QED) is 0.841.